The lowest BCUT2D eigenvalue weighted by molar-refractivity contribution is -0.167. The summed E-state index contributed by atoms with van der Waals surface area (Å²) < 4.78 is 17.0. The summed E-state index contributed by atoms with van der Waals surface area (Å²) in [6.07, 6.45) is 89.4. The zero-order valence-electron chi connectivity index (χ0n) is 51.2. The van der Waals surface area contributed by atoms with Gasteiger partial charge in [0.05, 0.1) is 0 Å². The van der Waals surface area contributed by atoms with Crippen LogP contribution in [0.2, 0.25) is 0 Å². The van der Waals surface area contributed by atoms with Gasteiger partial charge in [-0.25, -0.2) is 0 Å². The van der Waals surface area contributed by atoms with Crippen molar-refractivity contribution >= 4 is 17.9 Å². The lowest BCUT2D eigenvalue weighted by atomic mass is 10.1. The van der Waals surface area contributed by atoms with Gasteiger partial charge in [-0.1, -0.05) is 278 Å². The molecular formula is C72H122O6. The van der Waals surface area contributed by atoms with Gasteiger partial charge in [-0.05, 0) is 122 Å². The summed E-state index contributed by atoms with van der Waals surface area (Å²) in [4.78, 5) is 38.4. The third-order valence-corrected chi connectivity index (χ3v) is 14.0. The van der Waals surface area contributed by atoms with E-state index in [1.54, 1.807) is 0 Å². The van der Waals surface area contributed by atoms with Gasteiger partial charge in [-0.2, -0.15) is 0 Å². The number of hydrogen-bond donors (Lipinski definition) is 0. The number of esters is 3. The Morgan fingerprint density at radius 3 is 0.795 bits per heavy atom. The summed E-state index contributed by atoms with van der Waals surface area (Å²) in [5.74, 6) is -0.897. The number of carbonyl (C=O) groups is 3. The molecule has 0 saturated carbocycles. The third kappa shape index (κ3) is 62.9. The van der Waals surface area contributed by atoms with Crippen LogP contribution < -0.4 is 0 Å². The van der Waals surface area contributed by atoms with Crippen LogP contribution in [0.15, 0.2) is 109 Å². The normalized spacial score (nSPS) is 12.8. The molecule has 1 unspecified atom stereocenters. The number of unbranched alkanes of at least 4 members (excludes halogenated alkanes) is 30. The molecule has 0 aromatic heterocycles. The second kappa shape index (κ2) is 65.6. The molecule has 0 fully saturated rings. The Bertz CT molecular complexity index is 1570. The van der Waals surface area contributed by atoms with E-state index in [0.717, 1.165) is 122 Å². The Labute approximate surface area is 482 Å². The molecule has 0 radical (unpaired) electrons. The highest BCUT2D eigenvalue weighted by molar-refractivity contribution is 5.71. The van der Waals surface area contributed by atoms with Gasteiger partial charge < -0.3 is 14.2 Å². The lowest BCUT2D eigenvalue weighted by Gasteiger charge is -2.18. The Morgan fingerprint density at radius 1 is 0.269 bits per heavy atom. The molecule has 0 aliphatic carbocycles. The first-order valence-corrected chi connectivity index (χ1v) is 32.9. The SMILES string of the molecule is CC/C=C\C/C=C\C/C=C\C/C=C\CCCCCCCCCCC(=O)OCC(COC(=O)CCCCCCCCC/C=C\CCCCCCCCC)OC(=O)CCCCCCCCCC/C=C\C/C=C\C/C=C\C/C=C\CC. The highest BCUT2D eigenvalue weighted by atomic mass is 16.6. The van der Waals surface area contributed by atoms with Crippen LogP contribution in [0.1, 0.15) is 310 Å². The largest absolute Gasteiger partial charge is 0.462 e. The summed E-state index contributed by atoms with van der Waals surface area (Å²) >= 11 is 0. The minimum absolute atomic E-state index is 0.0862. The topological polar surface area (TPSA) is 78.9 Å². The van der Waals surface area contributed by atoms with Gasteiger partial charge >= 0.3 is 17.9 Å². The van der Waals surface area contributed by atoms with Crippen LogP contribution in [0.5, 0.6) is 0 Å². The van der Waals surface area contributed by atoms with Crippen molar-refractivity contribution in [3.8, 4) is 0 Å². The molecule has 0 saturated heterocycles. The van der Waals surface area contributed by atoms with Crippen molar-refractivity contribution in [1.82, 2.24) is 0 Å². The fourth-order valence-electron chi connectivity index (χ4n) is 9.13. The van der Waals surface area contributed by atoms with Crippen LogP contribution in [-0.2, 0) is 28.6 Å². The maximum Gasteiger partial charge on any atom is 0.306 e. The van der Waals surface area contributed by atoms with Gasteiger partial charge in [0, 0.05) is 19.3 Å². The molecule has 1 atom stereocenters. The van der Waals surface area contributed by atoms with E-state index in [2.05, 4.69) is 130 Å². The summed E-state index contributed by atoms with van der Waals surface area (Å²) in [6, 6.07) is 0. The Balaban J connectivity index is 4.42. The van der Waals surface area contributed by atoms with Crippen molar-refractivity contribution in [3.63, 3.8) is 0 Å². The Kier molecular flexibility index (Phi) is 62.3. The predicted octanol–water partition coefficient (Wildman–Crippen LogP) is 22.6. The first-order chi connectivity index (χ1) is 38.5. The van der Waals surface area contributed by atoms with Crippen LogP contribution in [0.3, 0.4) is 0 Å². The quantitative estimate of drug-likeness (QED) is 0.0261. The van der Waals surface area contributed by atoms with Crippen LogP contribution in [0.25, 0.3) is 0 Å². The van der Waals surface area contributed by atoms with E-state index in [1.807, 2.05) is 0 Å². The van der Waals surface area contributed by atoms with E-state index in [1.165, 1.54) is 148 Å². The number of allylic oxidation sites excluding steroid dienone is 18. The van der Waals surface area contributed by atoms with E-state index in [-0.39, 0.29) is 31.1 Å². The number of hydrogen-bond acceptors (Lipinski definition) is 6. The fourth-order valence-corrected chi connectivity index (χ4v) is 9.13. The molecule has 0 aromatic carbocycles. The summed E-state index contributed by atoms with van der Waals surface area (Å²) in [5, 5.41) is 0. The number of rotatable bonds is 59. The van der Waals surface area contributed by atoms with E-state index in [4.69, 9.17) is 14.2 Å². The minimum atomic E-state index is -0.792. The van der Waals surface area contributed by atoms with Crippen LogP contribution in [-0.4, -0.2) is 37.2 Å². The maximum atomic E-state index is 12.9. The van der Waals surface area contributed by atoms with Crippen molar-refractivity contribution in [2.24, 2.45) is 0 Å². The summed E-state index contributed by atoms with van der Waals surface area (Å²) in [5.41, 5.74) is 0. The van der Waals surface area contributed by atoms with Crippen molar-refractivity contribution < 1.29 is 28.6 Å². The van der Waals surface area contributed by atoms with Gasteiger partial charge in [-0.15, -0.1) is 0 Å². The maximum absolute atomic E-state index is 12.9. The molecule has 0 rings (SSSR count). The van der Waals surface area contributed by atoms with Gasteiger partial charge in [0.25, 0.3) is 0 Å². The molecule has 78 heavy (non-hydrogen) atoms. The molecule has 0 spiro atoms. The standard InChI is InChI=1S/C72H122O6/c1-4-7-10-13-16-19-22-25-28-31-34-36-38-41-44-47-50-53-56-59-62-65-71(74)77-68-69(67-76-70(73)64-61-58-55-52-49-46-43-40-33-30-27-24-21-18-15-12-9-6-3)78-72(75)66-63-60-57-54-51-48-45-42-39-37-35-32-29-26-23-20-17-14-11-8-5-2/h7-8,10-11,16-17,19-20,25-26,28-30,33-37,69H,4-6,9,12-15,18,21-24,27,31-32,38-68H2,1-3H3/b10-7-,11-8-,19-16-,20-17-,28-25-,29-26-,33-30-,36-34-,37-35-. The van der Waals surface area contributed by atoms with Crippen LogP contribution in [0.4, 0.5) is 0 Å². The van der Waals surface area contributed by atoms with E-state index >= 15 is 0 Å². The predicted molar refractivity (Wildman–Crippen MR) is 339 cm³/mol. The summed E-state index contributed by atoms with van der Waals surface area (Å²) in [6.45, 7) is 6.43. The van der Waals surface area contributed by atoms with E-state index < -0.39 is 6.10 Å². The molecule has 0 bridgehead atoms. The average molecular weight is 1080 g/mol. The van der Waals surface area contributed by atoms with Gasteiger partial charge in [-0.3, -0.25) is 14.4 Å². The zero-order chi connectivity index (χ0) is 56.4. The van der Waals surface area contributed by atoms with Crippen LogP contribution in [0, 0.1) is 0 Å². The Morgan fingerprint density at radius 2 is 0.500 bits per heavy atom. The highest BCUT2D eigenvalue weighted by Crippen LogP contribution is 2.16. The fraction of sp³-hybridized carbons (Fsp3) is 0.708. The van der Waals surface area contributed by atoms with Gasteiger partial charge in [0.1, 0.15) is 13.2 Å². The molecule has 6 nitrogen and oxygen atoms in total. The molecule has 446 valence electrons. The first kappa shape index (κ1) is 74.1. The minimum Gasteiger partial charge on any atom is -0.462 e. The van der Waals surface area contributed by atoms with Gasteiger partial charge in [0.2, 0.25) is 0 Å². The van der Waals surface area contributed by atoms with E-state index in [0.29, 0.717) is 19.3 Å². The molecule has 0 aliphatic heterocycles. The summed E-state index contributed by atoms with van der Waals surface area (Å²) in [7, 11) is 0. The number of ether oxygens (including phenoxy) is 3. The molecule has 0 amide bonds. The Hall–Kier alpha value is -3.93. The van der Waals surface area contributed by atoms with Crippen molar-refractivity contribution in [1.29, 1.82) is 0 Å². The molecule has 0 N–H and O–H groups in total. The van der Waals surface area contributed by atoms with Gasteiger partial charge in [0.15, 0.2) is 6.10 Å². The smallest absolute Gasteiger partial charge is 0.306 e. The zero-order valence-corrected chi connectivity index (χ0v) is 51.2. The molecular weight excluding hydrogens is 961 g/mol. The lowest BCUT2D eigenvalue weighted by Crippen LogP contribution is -2.30. The second-order valence-electron chi connectivity index (χ2n) is 21.6. The monoisotopic (exact) mass is 1080 g/mol. The van der Waals surface area contributed by atoms with Crippen LogP contribution >= 0.6 is 0 Å². The van der Waals surface area contributed by atoms with Crippen molar-refractivity contribution in [2.45, 2.75) is 316 Å². The van der Waals surface area contributed by atoms with E-state index in [9.17, 15) is 14.4 Å². The molecule has 6 heteroatoms. The molecule has 0 aliphatic rings. The highest BCUT2D eigenvalue weighted by Gasteiger charge is 2.19. The molecule has 0 aromatic rings. The number of carbonyl (C=O) groups excluding carboxylic acids is 3. The second-order valence-corrected chi connectivity index (χ2v) is 21.6. The molecule has 0 heterocycles. The average Bonchev–Trinajstić information content (AvgIpc) is 3.44. The van der Waals surface area contributed by atoms with Crippen molar-refractivity contribution in [2.75, 3.05) is 13.2 Å². The third-order valence-electron chi connectivity index (χ3n) is 14.0. The van der Waals surface area contributed by atoms with Crippen molar-refractivity contribution in [3.05, 3.63) is 109 Å². The first-order valence-electron chi connectivity index (χ1n) is 32.9.